The molecule has 0 radical (unpaired) electrons. The lowest BCUT2D eigenvalue weighted by Crippen LogP contribution is -2.39. The summed E-state index contributed by atoms with van der Waals surface area (Å²) in [5.74, 6) is 1.05. The average molecular weight is 634 g/mol. The van der Waals surface area contributed by atoms with Crippen LogP contribution in [-0.4, -0.2) is 58.0 Å². The maximum absolute atomic E-state index is 11.7. The molecule has 3 aliphatic rings. The lowest BCUT2D eigenvalue weighted by molar-refractivity contribution is -0.130. The van der Waals surface area contributed by atoms with Crippen LogP contribution in [0.1, 0.15) is 60.9 Å². The molecule has 3 heterocycles. The first kappa shape index (κ1) is 29.0. The van der Waals surface area contributed by atoms with E-state index in [0.717, 1.165) is 79.3 Å². The molecular weight excluding hydrogens is 600 g/mol. The highest BCUT2D eigenvalue weighted by atomic mass is 79.9. The van der Waals surface area contributed by atoms with Crippen molar-refractivity contribution in [2.24, 2.45) is 11.7 Å². The minimum atomic E-state index is -0.275. The Morgan fingerprint density at radius 1 is 1.00 bits per heavy atom. The number of phenolic OH excluding ortho intramolecular Hbond substituents is 1. The molecule has 0 spiro atoms. The van der Waals surface area contributed by atoms with E-state index >= 15 is 0 Å². The fourth-order valence-electron chi connectivity index (χ4n) is 5.54. The molecule has 1 aromatic heterocycles. The van der Waals surface area contributed by atoms with Crippen LogP contribution in [-0.2, 0) is 17.6 Å². The molecule has 3 amide bonds. The second-order valence-electron chi connectivity index (χ2n) is 9.55. The van der Waals surface area contributed by atoms with Gasteiger partial charge in [-0.1, -0.05) is 15.9 Å². The summed E-state index contributed by atoms with van der Waals surface area (Å²) < 4.78 is 1.95. The molecule has 1 atom stereocenters. The number of hydrogen-bond acceptors (Lipinski definition) is 4. The number of nitrogens with zero attached hydrogens (tertiary/aromatic N) is 3. The van der Waals surface area contributed by atoms with Gasteiger partial charge in [-0.05, 0) is 95.3 Å². The first-order valence-corrected chi connectivity index (χ1v) is 14.1. The maximum Gasteiger partial charge on any atom is 0.314 e. The summed E-state index contributed by atoms with van der Waals surface area (Å²) in [6, 6.07) is 5.60. The van der Waals surface area contributed by atoms with Crippen molar-refractivity contribution in [2.45, 2.75) is 51.4 Å². The van der Waals surface area contributed by atoms with Gasteiger partial charge < -0.3 is 20.6 Å². The Hall–Kier alpha value is -2.57. The summed E-state index contributed by atoms with van der Waals surface area (Å²) in [7, 11) is 0. The average Bonchev–Trinajstić information content (AvgIpc) is 3.37. The molecule has 1 aromatic carbocycles. The lowest BCUT2D eigenvalue weighted by atomic mass is 9.76. The second kappa shape index (κ2) is 13.3. The predicted molar refractivity (Wildman–Crippen MR) is 152 cm³/mol. The van der Waals surface area contributed by atoms with E-state index in [4.69, 9.17) is 10.7 Å². The standard InChI is InChI=1S/C21H22Br2N2O2.C5H10N2O.C2H2/c1-12(26)25-6-4-13(5-7-25)20-19-14(9-17(27)10-18(19)23)2-3-15-8-16(22)11-24-21(15)20;6-5(8)7-3-1-2-4-7;1-2/h8-11,13,20,27H,2-7H2,1H3;1-4H2,(H2,6,8);1-2H. The van der Waals surface area contributed by atoms with Crippen molar-refractivity contribution in [1.29, 1.82) is 0 Å². The molecule has 2 aromatic rings. The maximum atomic E-state index is 11.7. The van der Waals surface area contributed by atoms with Crippen LogP contribution in [0.3, 0.4) is 0 Å². The summed E-state index contributed by atoms with van der Waals surface area (Å²) in [5.41, 5.74) is 9.84. The number of phenols is 1. The number of terminal acetylenes is 1. The van der Waals surface area contributed by atoms with E-state index in [1.165, 1.54) is 16.7 Å². The fourth-order valence-corrected chi connectivity index (χ4v) is 6.65. The number of aromatic hydroxyl groups is 1. The van der Waals surface area contributed by atoms with Crippen LogP contribution in [0.25, 0.3) is 0 Å². The zero-order chi connectivity index (χ0) is 27.1. The van der Waals surface area contributed by atoms with E-state index in [0.29, 0.717) is 11.7 Å². The van der Waals surface area contributed by atoms with Crippen LogP contribution in [0.2, 0.25) is 0 Å². The van der Waals surface area contributed by atoms with Crippen LogP contribution in [0.15, 0.2) is 33.3 Å². The Balaban J connectivity index is 0.000000322. The monoisotopic (exact) mass is 632 g/mol. The topological polar surface area (TPSA) is 99.8 Å². The first-order chi connectivity index (χ1) is 17.7. The van der Waals surface area contributed by atoms with Crippen molar-refractivity contribution >= 4 is 43.8 Å². The summed E-state index contributed by atoms with van der Waals surface area (Å²) in [6.45, 7) is 4.96. The van der Waals surface area contributed by atoms with E-state index in [1.807, 2.05) is 17.2 Å². The molecule has 1 unspecified atom stereocenters. The molecule has 37 heavy (non-hydrogen) atoms. The summed E-state index contributed by atoms with van der Waals surface area (Å²) in [5, 5.41) is 10.1. The summed E-state index contributed by atoms with van der Waals surface area (Å²) >= 11 is 7.28. The number of benzene rings is 1. The summed E-state index contributed by atoms with van der Waals surface area (Å²) in [4.78, 5) is 30.5. The van der Waals surface area contributed by atoms with E-state index in [2.05, 4.69) is 50.8 Å². The number of amides is 3. The third-order valence-corrected chi connectivity index (χ3v) is 8.40. The Morgan fingerprint density at radius 2 is 1.62 bits per heavy atom. The molecular formula is C28H34Br2N4O3. The third-order valence-electron chi connectivity index (χ3n) is 7.31. The lowest BCUT2D eigenvalue weighted by Gasteiger charge is -2.36. The fraction of sp³-hybridized carbons (Fsp3) is 0.464. The highest BCUT2D eigenvalue weighted by Gasteiger charge is 2.36. The number of piperidine rings is 1. The molecule has 2 saturated heterocycles. The molecule has 9 heteroatoms. The van der Waals surface area contributed by atoms with Crippen molar-refractivity contribution in [3.63, 3.8) is 0 Å². The van der Waals surface area contributed by atoms with E-state index in [1.54, 1.807) is 17.9 Å². The number of fused-ring (bicyclic) bond motifs is 2. The number of pyridine rings is 1. The number of aromatic nitrogens is 1. The zero-order valence-electron chi connectivity index (χ0n) is 21.1. The van der Waals surface area contributed by atoms with Crippen LogP contribution in [0.4, 0.5) is 4.79 Å². The quantitative estimate of drug-likeness (QED) is 0.421. The SMILES string of the molecule is C#C.CC(=O)N1CCC(C2c3ncc(Br)cc3CCc3cc(O)cc(Br)c32)CC1.NC(=O)N1CCCC1. The normalized spacial score (nSPS) is 18.8. The predicted octanol–water partition coefficient (Wildman–Crippen LogP) is 5.21. The van der Waals surface area contributed by atoms with Gasteiger partial charge in [-0.2, -0.15) is 0 Å². The Bertz CT molecular complexity index is 1140. The highest BCUT2D eigenvalue weighted by molar-refractivity contribution is 9.10. The first-order valence-electron chi connectivity index (χ1n) is 12.5. The van der Waals surface area contributed by atoms with Crippen LogP contribution >= 0.6 is 31.9 Å². The van der Waals surface area contributed by atoms with Crippen molar-refractivity contribution in [3.8, 4) is 18.6 Å². The van der Waals surface area contributed by atoms with Crippen molar-refractivity contribution < 1.29 is 14.7 Å². The number of primary amides is 1. The molecule has 7 nitrogen and oxygen atoms in total. The molecule has 0 bridgehead atoms. The van der Waals surface area contributed by atoms with E-state index in [-0.39, 0.29) is 17.9 Å². The molecule has 2 aliphatic heterocycles. The molecule has 2 fully saturated rings. The molecule has 1 aliphatic carbocycles. The van der Waals surface area contributed by atoms with Crippen LogP contribution < -0.4 is 5.73 Å². The van der Waals surface area contributed by atoms with Gasteiger partial charge in [0.05, 0.1) is 5.69 Å². The van der Waals surface area contributed by atoms with Gasteiger partial charge in [0, 0.05) is 54.2 Å². The van der Waals surface area contributed by atoms with Crippen molar-refractivity contribution in [1.82, 2.24) is 14.8 Å². The number of carbonyl (C=O) groups excluding carboxylic acids is 2. The van der Waals surface area contributed by atoms with Gasteiger partial charge in [-0.25, -0.2) is 4.79 Å². The Morgan fingerprint density at radius 3 is 2.19 bits per heavy atom. The zero-order valence-corrected chi connectivity index (χ0v) is 24.3. The number of likely N-dealkylation sites (tertiary alicyclic amines) is 2. The smallest absolute Gasteiger partial charge is 0.314 e. The van der Waals surface area contributed by atoms with Crippen LogP contribution in [0.5, 0.6) is 5.75 Å². The summed E-state index contributed by atoms with van der Waals surface area (Å²) in [6.07, 6.45) is 15.8. The van der Waals surface area contributed by atoms with Gasteiger partial charge in [0.1, 0.15) is 5.75 Å². The highest BCUT2D eigenvalue weighted by Crippen LogP contribution is 2.46. The Kier molecular flexibility index (Phi) is 10.4. The Labute approximate surface area is 236 Å². The second-order valence-corrected chi connectivity index (χ2v) is 11.3. The minimum Gasteiger partial charge on any atom is -0.508 e. The van der Waals surface area contributed by atoms with E-state index < -0.39 is 0 Å². The van der Waals surface area contributed by atoms with Crippen molar-refractivity contribution in [2.75, 3.05) is 26.2 Å². The third kappa shape index (κ3) is 7.05. The molecule has 0 saturated carbocycles. The number of rotatable bonds is 1. The molecule has 198 valence electrons. The molecule has 3 N–H and O–H groups in total. The van der Waals surface area contributed by atoms with Gasteiger partial charge in [-0.15, -0.1) is 12.8 Å². The minimum absolute atomic E-state index is 0.156. The van der Waals surface area contributed by atoms with Crippen LogP contribution in [0, 0.1) is 18.8 Å². The number of hydrogen-bond donors (Lipinski definition) is 2. The van der Waals surface area contributed by atoms with Gasteiger partial charge >= 0.3 is 6.03 Å². The van der Waals surface area contributed by atoms with Gasteiger partial charge in [0.25, 0.3) is 0 Å². The van der Waals surface area contributed by atoms with Crippen molar-refractivity contribution in [3.05, 3.63) is 55.7 Å². The number of urea groups is 1. The largest absolute Gasteiger partial charge is 0.508 e. The van der Waals surface area contributed by atoms with E-state index in [9.17, 15) is 14.7 Å². The molecule has 5 rings (SSSR count). The number of aryl methyl sites for hydroxylation is 2. The number of halogens is 2. The van der Waals surface area contributed by atoms with Gasteiger partial charge in [0.2, 0.25) is 5.91 Å². The van der Waals surface area contributed by atoms with Gasteiger partial charge in [-0.3, -0.25) is 9.78 Å². The number of carbonyl (C=O) groups is 2. The number of nitrogens with two attached hydrogens (primary N) is 1. The van der Waals surface area contributed by atoms with Gasteiger partial charge in [0.15, 0.2) is 0 Å².